The van der Waals surface area contributed by atoms with Crippen molar-refractivity contribution in [2.45, 2.75) is 18.8 Å². The molecule has 2 aliphatic carbocycles. The Hall–Kier alpha value is -3.48. The fourth-order valence-electron chi connectivity index (χ4n) is 6.58. The van der Waals surface area contributed by atoms with Gasteiger partial charge in [0.2, 0.25) is 17.6 Å². The SMILES string of the molecule is O=C(OCC(=O)c1ccc(Cl)cc1Cl)c1cccc(N2C(=O)C3C4CC(c5ccccc5)C(C4)C3C2=O)c1. The van der Waals surface area contributed by atoms with E-state index in [1.807, 2.05) is 18.2 Å². The Morgan fingerprint density at radius 1 is 0.868 bits per heavy atom. The fourth-order valence-corrected chi connectivity index (χ4v) is 7.09. The molecule has 1 heterocycles. The number of amides is 2. The van der Waals surface area contributed by atoms with Crippen LogP contribution in [0.5, 0.6) is 0 Å². The average Bonchev–Trinajstić information content (AvgIpc) is 3.59. The molecule has 6 nitrogen and oxygen atoms in total. The molecule has 0 radical (unpaired) electrons. The van der Waals surface area contributed by atoms with E-state index in [1.54, 1.807) is 12.1 Å². The van der Waals surface area contributed by atoms with Crippen LogP contribution in [0.3, 0.4) is 0 Å². The number of esters is 1. The Kier molecular flexibility index (Phi) is 6.33. The first-order valence-electron chi connectivity index (χ1n) is 12.5. The normalized spacial score (nSPS) is 25.5. The van der Waals surface area contributed by atoms with E-state index in [0.717, 1.165) is 12.8 Å². The molecule has 3 aromatic carbocycles. The van der Waals surface area contributed by atoms with Crippen LogP contribution in [0.2, 0.25) is 10.0 Å². The van der Waals surface area contributed by atoms with Gasteiger partial charge in [-0.05, 0) is 72.6 Å². The summed E-state index contributed by atoms with van der Waals surface area (Å²) in [6.07, 6.45) is 1.79. The standard InChI is InChI=1S/C30H23Cl2NO5/c31-19-9-10-21(24(32)14-19)25(34)15-38-30(37)17-7-4-8-20(11-17)33-28(35)26-18-12-22(16-5-2-1-3-6-16)23(13-18)27(26)29(33)36/h1-11,14,18,22-23,26-27H,12-13,15H2. The van der Waals surface area contributed by atoms with Crippen LogP contribution in [0.25, 0.3) is 0 Å². The van der Waals surface area contributed by atoms with Crippen molar-refractivity contribution in [1.29, 1.82) is 0 Å². The summed E-state index contributed by atoms with van der Waals surface area (Å²) in [5, 5.41) is 0.555. The minimum atomic E-state index is -0.742. The lowest BCUT2D eigenvalue weighted by Crippen LogP contribution is -2.33. The van der Waals surface area contributed by atoms with Gasteiger partial charge in [0.1, 0.15) is 0 Å². The molecule has 3 fully saturated rings. The van der Waals surface area contributed by atoms with Crippen LogP contribution in [0, 0.1) is 23.7 Å². The van der Waals surface area contributed by atoms with Gasteiger partial charge in [0.25, 0.3) is 0 Å². The highest BCUT2D eigenvalue weighted by molar-refractivity contribution is 6.36. The van der Waals surface area contributed by atoms with Crippen molar-refractivity contribution in [1.82, 2.24) is 0 Å². The maximum Gasteiger partial charge on any atom is 0.338 e. The van der Waals surface area contributed by atoms with E-state index in [9.17, 15) is 19.2 Å². The lowest BCUT2D eigenvalue weighted by molar-refractivity contribution is -0.123. The molecule has 2 bridgehead atoms. The smallest absolute Gasteiger partial charge is 0.338 e. The highest BCUT2D eigenvalue weighted by Gasteiger charge is 2.64. The Morgan fingerprint density at radius 3 is 2.39 bits per heavy atom. The molecule has 192 valence electrons. The van der Waals surface area contributed by atoms with Gasteiger partial charge in [-0.2, -0.15) is 0 Å². The summed E-state index contributed by atoms with van der Waals surface area (Å²) in [5.41, 5.74) is 1.89. The zero-order chi connectivity index (χ0) is 26.6. The van der Waals surface area contributed by atoms with Gasteiger partial charge in [-0.25, -0.2) is 4.79 Å². The number of fused-ring (bicyclic) bond motifs is 5. The molecule has 2 amide bonds. The summed E-state index contributed by atoms with van der Waals surface area (Å²) < 4.78 is 5.21. The molecule has 8 heteroatoms. The summed E-state index contributed by atoms with van der Waals surface area (Å²) in [4.78, 5) is 53.5. The molecular formula is C30H23Cl2NO5. The molecular weight excluding hydrogens is 525 g/mol. The number of hydrogen-bond donors (Lipinski definition) is 0. The number of imide groups is 1. The van der Waals surface area contributed by atoms with Crippen molar-refractivity contribution < 1.29 is 23.9 Å². The van der Waals surface area contributed by atoms with Gasteiger partial charge in [-0.15, -0.1) is 0 Å². The number of Topliss-reactive ketones (excluding diaryl/α,β-unsaturated/α-hetero) is 1. The topological polar surface area (TPSA) is 80.8 Å². The summed E-state index contributed by atoms with van der Waals surface area (Å²) in [5.74, 6) is -1.70. The third-order valence-corrected chi connectivity index (χ3v) is 8.70. The minimum absolute atomic E-state index is 0.132. The molecule has 38 heavy (non-hydrogen) atoms. The van der Waals surface area contributed by atoms with Crippen LogP contribution in [0.15, 0.2) is 72.8 Å². The summed E-state index contributed by atoms with van der Waals surface area (Å²) in [6, 6.07) is 20.9. The number of ether oxygens (including phenoxy) is 1. The summed E-state index contributed by atoms with van der Waals surface area (Å²) >= 11 is 11.9. The highest BCUT2D eigenvalue weighted by Crippen LogP contribution is 2.61. The highest BCUT2D eigenvalue weighted by atomic mass is 35.5. The maximum atomic E-state index is 13.6. The van der Waals surface area contributed by atoms with E-state index in [2.05, 4.69) is 12.1 Å². The zero-order valence-corrected chi connectivity index (χ0v) is 21.7. The van der Waals surface area contributed by atoms with Gasteiger partial charge in [0.05, 0.1) is 28.1 Å². The lowest BCUT2D eigenvalue weighted by atomic mass is 9.73. The van der Waals surface area contributed by atoms with Gasteiger partial charge in [0, 0.05) is 10.6 Å². The van der Waals surface area contributed by atoms with Crippen LogP contribution in [0.4, 0.5) is 5.69 Å². The van der Waals surface area contributed by atoms with Gasteiger partial charge < -0.3 is 4.74 Å². The quantitative estimate of drug-likeness (QED) is 0.216. The second-order valence-corrected chi connectivity index (χ2v) is 11.0. The number of carbonyl (C=O) groups excluding carboxylic acids is 4. The molecule has 2 saturated carbocycles. The molecule has 1 saturated heterocycles. The number of anilines is 1. The van der Waals surface area contributed by atoms with E-state index in [1.165, 1.54) is 40.8 Å². The van der Waals surface area contributed by atoms with Crippen molar-refractivity contribution in [2.24, 2.45) is 23.7 Å². The van der Waals surface area contributed by atoms with Crippen molar-refractivity contribution in [3.05, 3.63) is 99.5 Å². The number of carbonyl (C=O) groups is 4. The van der Waals surface area contributed by atoms with Gasteiger partial charge in [-0.1, -0.05) is 59.6 Å². The Labute approximate surface area is 229 Å². The van der Waals surface area contributed by atoms with E-state index >= 15 is 0 Å². The third kappa shape index (κ3) is 4.12. The first-order chi connectivity index (χ1) is 18.3. The van der Waals surface area contributed by atoms with Gasteiger partial charge in [-0.3, -0.25) is 19.3 Å². The fraction of sp³-hybridized carbons (Fsp3) is 0.267. The first kappa shape index (κ1) is 24.8. The van der Waals surface area contributed by atoms with Crippen LogP contribution >= 0.6 is 23.2 Å². The molecule has 5 unspecified atom stereocenters. The Balaban J connectivity index is 1.18. The van der Waals surface area contributed by atoms with E-state index in [-0.39, 0.29) is 57.6 Å². The first-order valence-corrected chi connectivity index (χ1v) is 13.3. The van der Waals surface area contributed by atoms with Gasteiger partial charge >= 0.3 is 5.97 Å². The van der Waals surface area contributed by atoms with Crippen molar-refractivity contribution in [3.8, 4) is 0 Å². The summed E-state index contributed by atoms with van der Waals surface area (Å²) in [7, 11) is 0. The van der Waals surface area contributed by atoms with Crippen LogP contribution in [-0.4, -0.2) is 30.2 Å². The molecule has 0 aromatic heterocycles. The Bertz CT molecular complexity index is 1470. The largest absolute Gasteiger partial charge is 0.454 e. The van der Waals surface area contributed by atoms with Crippen molar-refractivity contribution >= 4 is 52.5 Å². The molecule has 1 aliphatic heterocycles. The molecule has 3 aromatic rings. The van der Waals surface area contributed by atoms with Gasteiger partial charge in [0.15, 0.2) is 6.61 Å². The minimum Gasteiger partial charge on any atom is -0.454 e. The number of ketones is 1. The van der Waals surface area contributed by atoms with E-state index < -0.39 is 18.4 Å². The third-order valence-electron chi connectivity index (χ3n) is 8.15. The second kappa shape index (κ2) is 9.68. The second-order valence-electron chi connectivity index (χ2n) is 10.1. The predicted octanol–water partition coefficient (Wildman–Crippen LogP) is 5.96. The molecule has 6 rings (SSSR count). The average molecular weight is 548 g/mol. The van der Waals surface area contributed by atoms with Crippen LogP contribution in [0.1, 0.15) is 45.0 Å². The maximum absolute atomic E-state index is 13.6. The van der Waals surface area contributed by atoms with Crippen LogP contribution in [-0.2, 0) is 14.3 Å². The number of rotatable bonds is 6. The van der Waals surface area contributed by atoms with Crippen LogP contribution < -0.4 is 4.90 Å². The molecule has 5 atom stereocenters. The number of nitrogens with zero attached hydrogens (tertiary/aromatic N) is 1. The zero-order valence-electron chi connectivity index (χ0n) is 20.2. The Morgan fingerprint density at radius 2 is 1.63 bits per heavy atom. The van der Waals surface area contributed by atoms with E-state index in [4.69, 9.17) is 27.9 Å². The van der Waals surface area contributed by atoms with Crippen molar-refractivity contribution in [3.63, 3.8) is 0 Å². The number of halogens is 2. The molecule has 0 spiro atoms. The summed E-state index contributed by atoms with van der Waals surface area (Å²) in [6.45, 7) is -0.514. The number of hydrogen-bond acceptors (Lipinski definition) is 5. The molecule has 0 N–H and O–H groups in total. The number of benzene rings is 3. The monoisotopic (exact) mass is 547 g/mol. The molecule has 3 aliphatic rings. The lowest BCUT2D eigenvalue weighted by Gasteiger charge is -2.28. The van der Waals surface area contributed by atoms with Crippen molar-refractivity contribution in [2.75, 3.05) is 11.5 Å². The predicted molar refractivity (Wildman–Crippen MR) is 142 cm³/mol. The van der Waals surface area contributed by atoms with E-state index in [0.29, 0.717) is 10.7 Å².